The second-order valence-electron chi connectivity index (χ2n) is 3.49. The van der Waals surface area contributed by atoms with E-state index in [9.17, 15) is 4.79 Å². The van der Waals surface area contributed by atoms with Crippen LogP contribution in [0.25, 0.3) is 10.8 Å². The average molecular weight is 229 g/mol. The first kappa shape index (κ1) is 10.9. The molecule has 0 aliphatic heterocycles. The Hall–Kier alpha value is -2.56. The average Bonchev–Trinajstić information content (AvgIpc) is 2.29. The molecule has 0 aromatic heterocycles. The summed E-state index contributed by atoms with van der Waals surface area (Å²) in [5.74, 6) is 5.08. The van der Waals surface area contributed by atoms with E-state index in [2.05, 4.69) is 10.4 Å². The van der Waals surface area contributed by atoms with Crippen LogP contribution in [-0.4, -0.2) is 17.4 Å². The van der Waals surface area contributed by atoms with Gasteiger partial charge in [0.2, 0.25) is 0 Å². The van der Waals surface area contributed by atoms with E-state index in [0.29, 0.717) is 5.69 Å². The zero-order valence-electron chi connectivity index (χ0n) is 8.92. The van der Waals surface area contributed by atoms with Gasteiger partial charge < -0.3 is 10.9 Å². The number of rotatable bonds is 2. The van der Waals surface area contributed by atoms with Gasteiger partial charge in [-0.3, -0.25) is 5.32 Å². The summed E-state index contributed by atoms with van der Waals surface area (Å²) in [4.78, 5) is 10.7. The fourth-order valence-corrected chi connectivity index (χ4v) is 1.68. The Labute approximate surface area is 97.6 Å². The van der Waals surface area contributed by atoms with Crippen LogP contribution in [0, 0.1) is 0 Å². The van der Waals surface area contributed by atoms with Gasteiger partial charge in [-0.15, -0.1) is 0 Å². The molecule has 0 saturated heterocycles. The molecule has 0 atom stereocenters. The fourth-order valence-electron chi connectivity index (χ4n) is 1.68. The molecule has 0 aliphatic carbocycles. The monoisotopic (exact) mass is 229 g/mol. The van der Waals surface area contributed by atoms with Gasteiger partial charge in [0.05, 0.1) is 11.9 Å². The summed E-state index contributed by atoms with van der Waals surface area (Å²) in [6, 6.07) is 11.0. The van der Waals surface area contributed by atoms with Crippen molar-refractivity contribution in [1.29, 1.82) is 0 Å². The quantitative estimate of drug-likeness (QED) is 0.419. The third kappa shape index (κ3) is 2.34. The largest absolute Gasteiger partial charge is 0.465 e. The van der Waals surface area contributed by atoms with Gasteiger partial charge in [0, 0.05) is 5.39 Å². The summed E-state index contributed by atoms with van der Waals surface area (Å²) >= 11 is 0. The predicted octanol–water partition coefficient (Wildman–Crippen LogP) is 2.22. The number of hydrogen-bond acceptors (Lipinski definition) is 3. The van der Waals surface area contributed by atoms with Gasteiger partial charge >= 0.3 is 6.09 Å². The highest BCUT2D eigenvalue weighted by atomic mass is 16.4. The summed E-state index contributed by atoms with van der Waals surface area (Å²) in [5, 5.41) is 16.3. The van der Waals surface area contributed by atoms with Crippen LogP contribution in [0.2, 0.25) is 0 Å². The highest BCUT2D eigenvalue weighted by Gasteiger charge is 2.04. The molecule has 5 nitrogen and oxygen atoms in total. The Balaban J connectivity index is 2.59. The van der Waals surface area contributed by atoms with Crippen molar-refractivity contribution < 1.29 is 9.90 Å². The van der Waals surface area contributed by atoms with Gasteiger partial charge in [0.15, 0.2) is 0 Å². The van der Waals surface area contributed by atoms with Crippen molar-refractivity contribution in [3.8, 4) is 0 Å². The molecule has 0 bridgehead atoms. The summed E-state index contributed by atoms with van der Waals surface area (Å²) in [5.41, 5.74) is 1.36. The van der Waals surface area contributed by atoms with E-state index >= 15 is 0 Å². The molecule has 0 heterocycles. The van der Waals surface area contributed by atoms with Crippen molar-refractivity contribution in [2.75, 3.05) is 5.32 Å². The summed E-state index contributed by atoms with van der Waals surface area (Å²) in [6.07, 6.45) is 0.423. The summed E-state index contributed by atoms with van der Waals surface area (Å²) in [7, 11) is 0. The Morgan fingerprint density at radius 3 is 2.88 bits per heavy atom. The molecule has 4 N–H and O–H groups in total. The lowest BCUT2D eigenvalue weighted by Gasteiger charge is -2.06. The molecular weight excluding hydrogens is 218 g/mol. The van der Waals surface area contributed by atoms with Crippen molar-refractivity contribution in [2.24, 2.45) is 10.9 Å². The minimum atomic E-state index is -1.09. The van der Waals surface area contributed by atoms with Crippen LogP contribution in [0.3, 0.4) is 0 Å². The number of nitrogens with two attached hydrogens (primary N) is 1. The molecule has 0 aliphatic rings. The molecule has 2 aromatic carbocycles. The number of carbonyl (C=O) groups is 1. The van der Waals surface area contributed by atoms with Crippen LogP contribution >= 0.6 is 0 Å². The van der Waals surface area contributed by atoms with E-state index in [1.54, 1.807) is 12.1 Å². The van der Waals surface area contributed by atoms with Crippen LogP contribution in [0.5, 0.6) is 0 Å². The smallest absolute Gasteiger partial charge is 0.409 e. The maximum Gasteiger partial charge on any atom is 0.409 e. The topological polar surface area (TPSA) is 87.7 Å². The molecule has 0 radical (unpaired) electrons. The normalized spacial score (nSPS) is 10.8. The Kier molecular flexibility index (Phi) is 2.91. The van der Waals surface area contributed by atoms with Crippen LogP contribution < -0.4 is 11.2 Å². The molecule has 0 fully saturated rings. The van der Waals surface area contributed by atoms with E-state index in [1.807, 2.05) is 24.3 Å². The van der Waals surface area contributed by atoms with Crippen LogP contribution in [0.1, 0.15) is 5.56 Å². The van der Waals surface area contributed by atoms with E-state index < -0.39 is 6.09 Å². The number of carboxylic acid groups (broad SMARTS) is 1. The van der Waals surface area contributed by atoms with E-state index in [4.69, 9.17) is 10.9 Å². The molecule has 0 saturated carbocycles. The Morgan fingerprint density at radius 2 is 2.18 bits per heavy atom. The molecular formula is C12H11N3O2. The molecule has 5 heteroatoms. The fraction of sp³-hybridized carbons (Fsp3) is 0. The zero-order valence-corrected chi connectivity index (χ0v) is 8.92. The highest BCUT2D eigenvalue weighted by Crippen LogP contribution is 2.24. The third-order valence-electron chi connectivity index (χ3n) is 2.37. The van der Waals surface area contributed by atoms with Gasteiger partial charge in [-0.1, -0.05) is 24.3 Å². The van der Waals surface area contributed by atoms with Gasteiger partial charge in [-0.25, -0.2) is 4.79 Å². The van der Waals surface area contributed by atoms with Gasteiger partial charge in [-0.05, 0) is 23.1 Å². The summed E-state index contributed by atoms with van der Waals surface area (Å²) < 4.78 is 0. The van der Waals surface area contributed by atoms with Crippen molar-refractivity contribution >= 4 is 28.8 Å². The standard InChI is InChI=1S/C12H11N3O2/c13-14-7-8-4-5-9-2-1-3-11(10(9)6-8)15-12(16)17/h1-7,15H,13H2,(H,16,17). The van der Waals surface area contributed by atoms with Crippen molar-refractivity contribution in [1.82, 2.24) is 0 Å². The molecule has 0 spiro atoms. The SMILES string of the molecule is NN=Cc1ccc2cccc(NC(=O)O)c2c1. The Morgan fingerprint density at radius 1 is 1.35 bits per heavy atom. The number of amides is 1. The second kappa shape index (κ2) is 4.52. The lowest BCUT2D eigenvalue weighted by molar-refractivity contribution is 0.210. The van der Waals surface area contributed by atoms with E-state index in [0.717, 1.165) is 16.3 Å². The first-order valence-electron chi connectivity index (χ1n) is 4.96. The summed E-state index contributed by atoms with van der Waals surface area (Å²) in [6.45, 7) is 0. The van der Waals surface area contributed by atoms with E-state index in [1.165, 1.54) is 6.21 Å². The number of hydrogen-bond donors (Lipinski definition) is 3. The predicted molar refractivity (Wildman–Crippen MR) is 67.4 cm³/mol. The second-order valence-corrected chi connectivity index (χ2v) is 3.49. The van der Waals surface area contributed by atoms with Gasteiger partial charge in [-0.2, -0.15) is 5.10 Å². The molecule has 2 rings (SSSR count). The number of benzene rings is 2. The lowest BCUT2D eigenvalue weighted by atomic mass is 10.1. The number of fused-ring (bicyclic) bond motifs is 1. The number of hydrazone groups is 1. The minimum Gasteiger partial charge on any atom is -0.465 e. The Bertz CT molecular complexity index is 593. The van der Waals surface area contributed by atoms with Crippen molar-refractivity contribution in [2.45, 2.75) is 0 Å². The van der Waals surface area contributed by atoms with Crippen molar-refractivity contribution in [3.05, 3.63) is 42.0 Å². The van der Waals surface area contributed by atoms with E-state index in [-0.39, 0.29) is 0 Å². The minimum absolute atomic E-state index is 0.544. The van der Waals surface area contributed by atoms with Crippen molar-refractivity contribution in [3.63, 3.8) is 0 Å². The molecule has 86 valence electrons. The lowest BCUT2D eigenvalue weighted by Crippen LogP contribution is -2.07. The number of nitrogens with one attached hydrogen (secondary N) is 1. The molecule has 17 heavy (non-hydrogen) atoms. The highest BCUT2D eigenvalue weighted by molar-refractivity contribution is 6.01. The van der Waals surface area contributed by atoms with Crippen LogP contribution in [0.15, 0.2) is 41.5 Å². The first-order valence-corrected chi connectivity index (χ1v) is 4.96. The maximum absolute atomic E-state index is 10.7. The third-order valence-corrected chi connectivity index (χ3v) is 2.37. The van der Waals surface area contributed by atoms with Crippen LogP contribution in [-0.2, 0) is 0 Å². The molecule has 0 unspecified atom stereocenters. The van der Waals surface area contributed by atoms with Crippen LogP contribution in [0.4, 0.5) is 10.5 Å². The van der Waals surface area contributed by atoms with Gasteiger partial charge in [0.25, 0.3) is 0 Å². The molecule has 2 aromatic rings. The molecule has 1 amide bonds. The van der Waals surface area contributed by atoms with Gasteiger partial charge in [0.1, 0.15) is 0 Å². The first-order chi connectivity index (χ1) is 8.20. The zero-order chi connectivity index (χ0) is 12.3. The maximum atomic E-state index is 10.7. The number of anilines is 1. The number of nitrogens with zero attached hydrogens (tertiary/aromatic N) is 1.